The highest BCUT2D eigenvalue weighted by Crippen LogP contribution is 2.24. The zero-order chi connectivity index (χ0) is 17.3. The van der Waals surface area contributed by atoms with Crippen molar-refractivity contribution < 1.29 is 17.9 Å². The molecule has 0 saturated heterocycles. The zero-order valence-corrected chi connectivity index (χ0v) is 16.6. The SMILES string of the molecule is CCNC(=NCc1ccc(Cl)cc1OCC)NCCC(F)(F)F.I. The average Bonchev–Trinajstić information content (AvgIpc) is 2.45. The molecule has 0 atom stereocenters. The van der Waals surface area contributed by atoms with Crippen molar-refractivity contribution in [1.82, 2.24) is 10.6 Å². The van der Waals surface area contributed by atoms with Crippen LogP contribution in [0.25, 0.3) is 0 Å². The number of alkyl halides is 3. The molecule has 0 heterocycles. The Labute approximate surface area is 162 Å². The number of nitrogens with one attached hydrogen (secondary N) is 2. The van der Waals surface area contributed by atoms with E-state index in [9.17, 15) is 13.2 Å². The minimum absolute atomic E-state index is 0. The van der Waals surface area contributed by atoms with Crippen LogP contribution in [-0.2, 0) is 6.54 Å². The molecule has 0 aromatic heterocycles. The van der Waals surface area contributed by atoms with Gasteiger partial charge in [0.15, 0.2) is 5.96 Å². The lowest BCUT2D eigenvalue weighted by molar-refractivity contribution is -0.132. The Morgan fingerprint density at radius 1 is 1.25 bits per heavy atom. The lowest BCUT2D eigenvalue weighted by Crippen LogP contribution is -2.38. The molecule has 1 aromatic carbocycles. The number of rotatable bonds is 7. The van der Waals surface area contributed by atoms with Crippen molar-refractivity contribution in [2.75, 3.05) is 19.7 Å². The molecule has 9 heteroatoms. The second-order valence-electron chi connectivity index (χ2n) is 4.67. The molecule has 4 nitrogen and oxygen atoms in total. The van der Waals surface area contributed by atoms with Crippen LogP contribution in [0.15, 0.2) is 23.2 Å². The standard InChI is InChI=1S/C15H21ClF3N3O.HI/c1-3-20-14(21-8-7-15(17,18)19)22-10-11-5-6-12(16)9-13(11)23-4-2;/h5-6,9H,3-4,7-8,10H2,1-2H3,(H2,20,21,22);1H. The maximum absolute atomic E-state index is 12.2. The first-order chi connectivity index (χ1) is 10.9. The third-order valence-corrected chi connectivity index (χ3v) is 3.02. The molecule has 138 valence electrons. The topological polar surface area (TPSA) is 45.7 Å². The van der Waals surface area contributed by atoms with E-state index in [2.05, 4.69) is 15.6 Å². The van der Waals surface area contributed by atoms with E-state index in [0.29, 0.717) is 29.9 Å². The lowest BCUT2D eigenvalue weighted by atomic mass is 10.2. The van der Waals surface area contributed by atoms with E-state index in [1.54, 1.807) is 18.2 Å². The van der Waals surface area contributed by atoms with Crippen LogP contribution in [0.1, 0.15) is 25.8 Å². The lowest BCUT2D eigenvalue weighted by Gasteiger charge is -2.13. The highest BCUT2D eigenvalue weighted by Gasteiger charge is 2.26. The van der Waals surface area contributed by atoms with Crippen LogP contribution >= 0.6 is 35.6 Å². The Morgan fingerprint density at radius 3 is 2.54 bits per heavy atom. The quantitative estimate of drug-likeness (QED) is 0.347. The van der Waals surface area contributed by atoms with Gasteiger partial charge in [-0.05, 0) is 26.0 Å². The van der Waals surface area contributed by atoms with E-state index in [0.717, 1.165) is 5.56 Å². The number of hydrogen-bond acceptors (Lipinski definition) is 2. The molecule has 0 amide bonds. The minimum atomic E-state index is -4.19. The second kappa shape index (κ2) is 11.6. The summed E-state index contributed by atoms with van der Waals surface area (Å²) in [5.41, 5.74) is 0.810. The van der Waals surface area contributed by atoms with Gasteiger partial charge in [-0.1, -0.05) is 17.7 Å². The van der Waals surface area contributed by atoms with Crippen LogP contribution < -0.4 is 15.4 Å². The van der Waals surface area contributed by atoms with Crippen molar-refractivity contribution in [1.29, 1.82) is 0 Å². The number of aliphatic imine (C=N–C) groups is 1. The molecule has 0 aliphatic carbocycles. The van der Waals surface area contributed by atoms with Gasteiger partial charge in [-0.2, -0.15) is 13.2 Å². The van der Waals surface area contributed by atoms with Crippen LogP contribution in [0.5, 0.6) is 5.75 Å². The molecule has 0 aliphatic heterocycles. The van der Waals surface area contributed by atoms with Crippen molar-refractivity contribution in [2.45, 2.75) is 33.0 Å². The summed E-state index contributed by atoms with van der Waals surface area (Å²) in [5.74, 6) is 0.948. The number of ether oxygens (including phenoxy) is 1. The van der Waals surface area contributed by atoms with E-state index in [1.807, 2.05) is 13.8 Å². The largest absolute Gasteiger partial charge is 0.493 e. The van der Waals surface area contributed by atoms with Crippen molar-refractivity contribution in [3.63, 3.8) is 0 Å². The number of hydrogen-bond donors (Lipinski definition) is 2. The molecule has 0 radical (unpaired) electrons. The summed E-state index contributed by atoms with van der Waals surface area (Å²) in [5, 5.41) is 6.12. The Bertz CT molecular complexity index is 527. The normalized spacial score (nSPS) is 11.7. The van der Waals surface area contributed by atoms with E-state index in [1.165, 1.54) is 0 Å². The molecule has 1 rings (SSSR count). The van der Waals surface area contributed by atoms with Gasteiger partial charge in [0.1, 0.15) is 5.75 Å². The number of guanidine groups is 1. The Hall–Kier alpha value is -0.900. The predicted octanol–water partition coefficient (Wildman–Crippen LogP) is 4.36. The highest BCUT2D eigenvalue weighted by atomic mass is 127. The summed E-state index contributed by atoms with van der Waals surface area (Å²) in [6, 6.07) is 5.20. The molecular formula is C15H22ClF3IN3O. The Morgan fingerprint density at radius 2 is 1.96 bits per heavy atom. The van der Waals surface area contributed by atoms with E-state index >= 15 is 0 Å². The molecule has 0 spiro atoms. The summed E-state index contributed by atoms with van der Waals surface area (Å²) in [4.78, 5) is 4.28. The molecule has 0 fully saturated rings. The highest BCUT2D eigenvalue weighted by molar-refractivity contribution is 14.0. The van der Waals surface area contributed by atoms with Crippen LogP contribution in [0, 0.1) is 0 Å². The fraction of sp³-hybridized carbons (Fsp3) is 0.533. The molecule has 0 unspecified atom stereocenters. The molecule has 24 heavy (non-hydrogen) atoms. The van der Waals surface area contributed by atoms with Crippen LogP contribution in [0.4, 0.5) is 13.2 Å². The van der Waals surface area contributed by atoms with Crippen molar-refractivity contribution in [2.24, 2.45) is 4.99 Å². The first-order valence-corrected chi connectivity index (χ1v) is 7.73. The summed E-state index contributed by atoms with van der Waals surface area (Å²) in [7, 11) is 0. The molecule has 1 aromatic rings. The second-order valence-corrected chi connectivity index (χ2v) is 5.11. The molecule has 2 N–H and O–H groups in total. The van der Waals surface area contributed by atoms with Crippen LogP contribution in [0.3, 0.4) is 0 Å². The van der Waals surface area contributed by atoms with Crippen LogP contribution in [0.2, 0.25) is 5.02 Å². The van der Waals surface area contributed by atoms with Crippen molar-refractivity contribution in [3.8, 4) is 5.75 Å². The van der Waals surface area contributed by atoms with Crippen LogP contribution in [-0.4, -0.2) is 31.8 Å². The fourth-order valence-corrected chi connectivity index (χ4v) is 1.94. The van der Waals surface area contributed by atoms with Gasteiger partial charge < -0.3 is 15.4 Å². The maximum Gasteiger partial charge on any atom is 0.390 e. The van der Waals surface area contributed by atoms with Gasteiger partial charge >= 0.3 is 6.18 Å². The third kappa shape index (κ3) is 9.41. The van der Waals surface area contributed by atoms with Crippen molar-refractivity contribution in [3.05, 3.63) is 28.8 Å². The summed E-state index contributed by atoms with van der Waals surface area (Å²) < 4.78 is 42.1. The number of nitrogens with zero attached hydrogens (tertiary/aromatic N) is 1. The van der Waals surface area contributed by atoms with Gasteiger partial charge in [0, 0.05) is 23.7 Å². The molecule has 0 bridgehead atoms. The summed E-state index contributed by atoms with van der Waals surface area (Å²) in [6.07, 6.45) is -5.11. The van der Waals surface area contributed by atoms with Gasteiger partial charge in [0.25, 0.3) is 0 Å². The van der Waals surface area contributed by atoms with Gasteiger partial charge in [-0.15, -0.1) is 24.0 Å². The first kappa shape index (κ1) is 23.1. The molecule has 0 saturated carbocycles. The molecule has 0 aliphatic rings. The first-order valence-electron chi connectivity index (χ1n) is 7.36. The van der Waals surface area contributed by atoms with E-state index in [4.69, 9.17) is 16.3 Å². The van der Waals surface area contributed by atoms with Gasteiger partial charge in [-0.3, -0.25) is 0 Å². The van der Waals surface area contributed by atoms with E-state index < -0.39 is 12.6 Å². The number of halogens is 5. The minimum Gasteiger partial charge on any atom is -0.493 e. The maximum atomic E-state index is 12.2. The fourth-order valence-electron chi connectivity index (χ4n) is 1.78. The zero-order valence-electron chi connectivity index (χ0n) is 13.5. The Kier molecular flexibility index (Phi) is 11.2. The third-order valence-electron chi connectivity index (χ3n) is 2.78. The summed E-state index contributed by atoms with van der Waals surface area (Å²) in [6.45, 7) is 4.78. The average molecular weight is 480 g/mol. The predicted molar refractivity (Wildman–Crippen MR) is 102 cm³/mol. The monoisotopic (exact) mass is 479 g/mol. The van der Waals surface area contributed by atoms with E-state index in [-0.39, 0.29) is 37.1 Å². The van der Waals surface area contributed by atoms with Gasteiger partial charge in [0.05, 0.1) is 19.6 Å². The van der Waals surface area contributed by atoms with Gasteiger partial charge in [-0.25, -0.2) is 4.99 Å². The van der Waals surface area contributed by atoms with Crippen molar-refractivity contribution >= 4 is 41.5 Å². The summed E-state index contributed by atoms with van der Waals surface area (Å²) >= 11 is 5.93. The smallest absolute Gasteiger partial charge is 0.390 e. The van der Waals surface area contributed by atoms with Gasteiger partial charge in [0.2, 0.25) is 0 Å². The Balaban J connectivity index is 0.00000529. The molecular weight excluding hydrogens is 458 g/mol. The number of benzene rings is 1.